The summed E-state index contributed by atoms with van der Waals surface area (Å²) in [5.74, 6) is 0.469. The maximum Gasteiger partial charge on any atom is 0.303 e. The molecular formula is C21H22N2O3. The van der Waals surface area contributed by atoms with Crippen LogP contribution in [0.4, 0.5) is 0 Å². The van der Waals surface area contributed by atoms with Gasteiger partial charge in [0.15, 0.2) is 0 Å². The third kappa shape index (κ3) is 3.77. The Bertz CT molecular complexity index is 944. The first-order valence-corrected chi connectivity index (χ1v) is 8.56. The average Bonchev–Trinajstić information content (AvgIpc) is 2.91. The monoisotopic (exact) mass is 350 g/mol. The minimum atomic E-state index is -0.838. The van der Waals surface area contributed by atoms with Gasteiger partial charge in [0.25, 0.3) is 0 Å². The zero-order valence-corrected chi connectivity index (χ0v) is 15.2. The van der Waals surface area contributed by atoms with Crippen LogP contribution in [-0.4, -0.2) is 20.9 Å². The van der Waals surface area contributed by atoms with Gasteiger partial charge in [-0.05, 0) is 56.5 Å². The normalized spacial score (nSPS) is 10.7. The van der Waals surface area contributed by atoms with Gasteiger partial charge in [0.05, 0.1) is 11.4 Å². The van der Waals surface area contributed by atoms with E-state index >= 15 is 0 Å². The van der Waals surface area contributed by atoms with Gasteiger partial charge in [-0.1, -0.05) is 30.3 Å². The fourth-order valence-corrected chi connectivity index (χ4v) is 2.87. The molecule has 0 unspecified atom stereocenters. The van der Waals surface area contributed by atoms with Crippen LogP contribution >= 0.6 is 0 Å². The molecule has 0 aliphatic heterocycles. The van der Waals surface area contributed by atoms with Gasteiger partial charge in [-0.15, -0.1) is 0 Å². The molecule has 0 spiro atoms. The number of nitrogens with zero attached hydrogens (tertiary/aromatic N) is 2. The SMILES string of the molecule is Cc1cccc(-n2nc(C)c(CCC(=O)O)c2Oc2ccccc2C)c1. The van der Waals surface area contributed by atoms with Gasteiger partial charge in [-0.25, -0.2) is 4.68 Å². The zero-order valence-electron chi connectivity index (χ0n) is 15.2. The highest BCUT2D eigenvalue weighted by atomic mass is 16.5. The number of benzene rings is 2. The highest BCUT2D eigenvalue weighted by Gasteiger charge is 2.20. The van der Waals surface area contributed by atoms with Crippen LogP contribution in [0.25, 0.3) is 5.69 Å². The standard InChI is InChI=1S/C21H22N2O3/c1-14-7-6-9-17(13-14)23-21(26-19-10-5-4-8-15(19)2)18(16(3)22-23)11-12-20(24)25/h4-10,13H,11-12H2,1-3H3,(H,24,25). The van der Waals surface area contributed by atoms with E-state index in [-0.39, 0.29) is 6.42 Å². The molecule has 1 aromatic heterocycles. The highest BCUT2D eigenvalue weighted by molar-refractivity contribution is 5.67. The highest BCUT2D eigenvalue weighted by Crippen LogP contribution is 2.33. The van der Waals surface area contributed by atoms with Crippen LogP contribution in [0, 0.1) is 20.8 Å². The van der Waals surface area contributed by atoms with Gasteiger partial charge < -0.3 is 9.84 Å². The molecule has 3 rings (SSSR count). The Kier molecular flexibility index (Phi) is 5.07. The summed E-state index contributed by atoms with van der Waals surface area (Å²) in [6, 6.07) is 15.7. The smallest absolute Gasteiger partial charge is 0.303 e. The predicted octanol–water partition coefficient (Wildman–Crippen LogP) is 4.61. The van der Waals surface area contributed by atoms with E-state index in [2.05, 4.69) is 5.10 Å². The van der Waals surface area contributed by atoms with Gasteiger partial charge in [-0.3, -0.25) is 4.79 Å². The Morgan fingerprint density at radius 3 is 2.58 bits per heavy atom. The van der Waals surface area contributed by atoms with E-state index in [1.54, 1.807) is 4.68 Å². The molecule has 0 saturated carbocycles. The molecule has 5 nitrogen and oxygen atoms in total. The lowest BCUT2D eigenvalue weighted by molar-refractivity contribution is -0.136. The molecule has 0 radical (unpaired) electrons. The Labute approximate surface area is 152 Å². The third-order valence-electron chi connectivity index (χ3n) is 4.27. The van der Waals surface area contributed by atoms with Crippen molar-refractivity contribution in [3.05, 3.63) is 70.9 Å². The second kappa shape index (κ2) is 7.44. The van der Waals surface area contributed by atoms with Gasteiger partial charge in [0, 0.05) is 12.0 Å². The molecule has 0 amide bonds. The van der Waals surface area contributed by atoms with Crippen LogP contribution in [0.3, 0.4) is 0 Å². The van der Waals surface area contributed by atoms with Crippen molar-refractivity contribution in [3.63, 3.8) is 0 Å². The van der Waals surface area contributed by atoms with Crippen molar-refractivity contribution >= 4 is 5.97 Å². The molecule has 2 aromatic carbocycles. The number of rotatable bonds is 6. The topological polar surface area (TPSA) is 64.4 Å². The van der Waals surface area contributed by atoms with E-state index in [9.17, 15) is 4.79 Å². The molecule has 26 heavy (non-hydrogen) atoms. The fraction of sp³-hybridized carbons (Fsp3) is 0.238. The number of aliphatic carboxylic acids is 1. The van der Waals surface area contributed by atoms with E-state index in [0.717, 1.165) is 33.8 Å². The lowest BCUT2D eigenvalue weighted by Gasteiger charge is -2.13. The number of para-hydroxylation sites is 1. The minimum absolute atomic E-state index is 0.0322. The molecule has 3 aromatic rings. The summed E-state index contributed by atoms with van der Waals surface area (Å²) < 4.78 is 7.98. The summed E-state index contributed by atoms with van der Waals surface area (Å²) in [4.78, 5) is 11.1. The van der Waals surface area contributed by atoms with Crippen LogP contribution in [0.2, 0.25) is 0 Å². The van der Waals surface area contributed by atoms with E-state index in [4.69, 9.17) is 9.84 Å². The number of ether oxygens (including phenoxy) is 1. The van der Waals surface area contributed by atoms with E-state index in [1.165, 1.54) is 0 Å². The van der Waals surface area contributed by atoms with Crippen molar-refractivity contribution in [3.8, 4) is 17.3 Å². The van der Waals surface area contributed by atoms with Crippen molar-refractivity contribution in [2.75, 3.05) is 0 Å². The lowest BCUT2D eigenvalue weighted by atomic mass is 10.1. The molecule has 0 atom stereocenters. The Balaban J connectivity index is 2.10. The molecule has 0 bridgehead atoms. The van der Waals surface area contributed by atoms with Gasteiger partial charge in [0.2, 0.25) is 5.88 Å². The quantitative estimate of drug-likeness (QED) is 0.705. The molecule has 1 N–H and O–H groups in total. The summed E-state index contributed by atoms with van der Waals surface area (Å²) in [6.07, 6.45) is 0.401. The number of carboxylic acids is 1. The largest absolute Gasteiger partial charge is 0.481 e. The Morgan fingerprint density at radius 2 is 1.88 bits per heavy atom. The van der Waals surface area contributed by atoms with Crippen molar-refractivity contribution < 1.29 is 14.6 Å². The van der Waals surface area contributed by atoms with Gasteiger partial charge >= 0.3 is 5.97 Å². The molecule has 5 heteroatoms. The first-order valence-electron chi connectivity index (χ1n) is 8.56. The second-order valence-electron chi connectivity index (χ2n) is 6.38. The lowest BCUT2D eigenvalue weighted by Crippen LogP contribution is -2.03. The van der Waals surface area contributed by atoms with Crippen LogP contribution in [-0.2, 0) is 11.2 Å². The number of aromatic nitrogens is 2. The van der Waals surface area contributed by atoms with Crippen molar-refractivity contribution in [2.24, 2.45) is 0 Å². The van der Waals surface area contributed by atoms with Crippen LogP contribution in [0.1, 0.15) is 28.8 Å². The second-order valence-corrected chi connectivity index (χ2v) is 6.38. The van der Waals surface area contributed by atoms with E-state index in [0.29, 0.717) is 12.3 Å². The first-order chi connectivity index (χ1) is 12.5. The fourth-order valence-electron chi connectivity index (χ4n) is 2.87. The van der Waals surface area contributed by atoms with Crippen LogP contribution in [0.5, 0.6) is 11.6 Å². The third-order valence-corrected chi connectivity index (χ3v) is 4.27. The number of hydrogen-bond donors (Lipinski definition) is 1. The number of hydrogen-bond acceptors (Lipinski definition) is 3. The molecule has 134 valence electrons. The predicted molar refractivity (Wildman–Crippen MR) is 100 cm³/mol. The van der Waals surface area contributed by atoms with E-state index < -0.39 is 5.97 Å². The maximum absolute atomic E-state index is 11.1. The van der Waals surface area contributed by atoms with Gasteiger partial charge in [-0.2, -0.15) is 5.10 Å². The molecule has 0 aliphatic rings. The number of carboxylic acid groups (broad SMARTS) is 1. The summed E-state index contributed by atoms with van der Waals surface area (Å²) >= 11 is 0. The molecular weight excluding hydrogens is 328 g/mol. The minimum Gasteiger partial charge on any atom is -0.481 e. The molecule has 0 aliphatic carbocycles. The summed E-state index contributed by atoms with van der Waals surface area (Å²) in [5, 5.41) is 13.7. The Morgan fingerprint density at radius 1 is 1.12 bits per heavy atom. The molecule has 0 saturated heterocycles. The molecule has 0 fully saturated rings. The average molecular weight is 350 g/mol. The zero-order chi connectivity index (χ0) is 18.7. The molecule has 1 heterocycles. The summed E-state index contributed by atoms with van der Waals surface area (Å²) in [6.45, 7) is 5.88. The Hall–Kier alpha value is -3.08. The number of carbonyl (C=O) groups is 1. The van der Waals surface area contributed by atoms with Gasteiger partial charge in [0.1, 0.15) is 5.75 Å². The van der Waals surface area contributed by atoms with Crippen molar-refractivity contribution in [2.45, 2.75) is 33.6 Å². The number of aryl methyl sites for hydroxylation is 3. The van der Waals surface area contributed by atoms with Crippen LogP contribution in [0.15, 0.2) is 48.5 Å². The van der Waals surface area contributed by atoms with Crippen LogP contribution < -0.4 is 4.74 Å². The summed E-state index contributed by atoms with van der Waals surface area (Å²) in [5.41, 5.74) is 4.60. The first kappa shape index (κ1) is 17.7. The van der Waals surface area contributed by atoms with Crippen molar-refractivity contribution in [1.82, 2.24) is 9.78 Å². The van der Waals surface area contributed by atoms with E-state index in [1.807, 2.05) is 69.3 Å². The van der Waals surface area contributed by atoms with Crippen molar-refractivity contribution in [1.29, 1.82) is 0 Å². The maximum atomic E-state index is 11.1. The summed E-state index contributed by atoms with van der Waals surface area (Å²) in [7, 11) is 0.